The van der Waals surface area contributed by atoms with Crippen LogP contribution in [0.25, 0.3) is 0 Å². The molecule has 0 aliphatic heterocycles. The summed E-state index contributed by atoms with van der Waals surface area (Å²) in [5, 5.41) is 3.11. The lowest BCUT2D eigenvalue weighted by Crippen LogP contribution is -2.37. The number of nitrogens with zero attached hydrogens (tertiary/aromatic N) is 1. The van der Waals surface area contributed by atoms with Gasteiger partial charge in [0.15, 0.2) is 5.96 Å². The van der Waals surface area contributed by atoms with Gasteiger partial charge in [-0.2, -0.15) is 0 Å². The molecule has 0 heterocycles. The predicted octanol–water partition coefficient (Wildman–Crippen LogP) is 1.49. The van der Waals surface area contributed by atoms with Gasteiger partial charge in [-0.3, -0.25) is 4.99 Å². The van der Waals surface area contributed by atoms with Crippen LogP contribution >= 0.6 is 0 Å². The van der Waals surface area contributed by atoms with Gasteiger partial charge >= 0.3 is 0 Å². The molecular weight excluding hydrogens is 162 g/mol. The summed E-state index contributed by atoms with van der Waals surface area (Å²) in [7, 11) is 0. The molecule has 1 fully saturated rings. The van der Waals surface area contributed by atoms with Crippen LogP contribution in [0.5, 0.6) is 0 Å². The van der Waals surface area contributed by atoms with Gasteiger partial charge in [0.05, 0.1) is 6.04 Å². The number of aliphatic imine (C=N–C) groups is 1. The maximum atomic E-state index is 5.74. The number of hydrogen-bond donors (Lipinski definition) is 2. The minimum absolute atomic E-state index is 0.377. The van der Waals surface area contributed by atoms with Crippen LogP contribution in [0, 0.1) is 5.92 Å². The molecule has 3 nitrogen and oxygen atoms in total. The van der Waals surface area contributed by atoms with E-state index in [4.69, 9.17) is 5.73 Å². The molecule has 3 N–H and O–H groups in total. The molecule has 1 aliphatic rings. The van der Waals surface area contributed by atoms with Crippen molar-refractivity contribution < 1.29 is 0 Å². The van der Waals surface area contributed by atoms with Crippen molar-refractivity contribution in [3.63, 3.8) is 0 Å². The minimum Gasteiger partial charge on any atom is -0.370 e. The summed E-state index contributed by atoms with van der Waals surface area (Å²) >= 11 is 0. The van der Waals surface area contributed by atoms with Crippen molar-refractivity contribution in [2.45, 2.75) is 52.1 Å². The normalized spacial score (nSPS) is 29.7. The Morgan fingerprint density at radius 3 is 2.62 bits per heavy atom. The summed E-state index contributed by atoms with van der Waals surface area (Å²) in [6.45, 7) is 6.42. The number of rotatable bonds is 2. The van der Waals surface area contributed by atoms with Crippen LogP contribution in [-0.4, -0.2) is 18.0 Å². The quantitative estimate of drug-likeness (QED) is 0.503. The third-order valence-electron chi connectivity index (χ3n) is 2.43. The van der Waals surface area contributed by atoms with Crippen molar-refractivity contribution in [2.75, 3.05) is 0 Å². The molecule has 1 rings (SSSR count). The molecule has 0 radical (unpaired) electrons. The first-order valence-corrected chi connectivity index (χ1v) is 5.17. The van der Waals surface area contributed by atoms with Crippen molar-refractivity contribution in [2.24, 2.45) is 16.6 Å². The second kappa shape index (κ2) is 4.49. The third kappa shape index (κ3) is 3.66. The smallest absolute Gasteiger partial charge is 0.189 e. The molecule has 13 heavy (non-hydrogen) atoms. The van der Waals surface area contributed by atoms with Crippen molar-refractivity contribution in [3.05, 3.63) is 0 Å². The standard InChI is InChI=1S/C10H21N3/c1-7(2)12-10(11)13-9-5-4-8(3)6-9/h7-9H,4-6H2,1-3H3,(H3,11,12,13). The van der Waals surface area contributed by atoms with Gasteiger partial charge in [-0.1, -0.05) is 6.92 Å². The fraction of sp³-hybridized carbons (Fsp3) is 0.900. The Bertz CT molecular complexity index is 187. The van der Waals surface area contributed by atoms with Gasteiger partial charge in [0.2, 0.25) is 0 Å². The zero-order valence-corrected chi connectivity index (χ0v) is 8.88. The Kier molecular flexibility index (Phi) is 3.58. The van der Waals surface area contributed by atoms with Gasteiger partial charge in [0.1, 0.15) is 0 Å². The molecule has 3 heteroatoms. The van der Waals surface area contributed by atoms with Crippen molar-refractivity contribution in [1.29, 1.82) is 0 Å². The number of hydrogen-bond acceptors (Lipinski definition) is 1. The summed E-state index contributed by atoms with van der Waals surface area (Å²) in [6, 6.07) is 0.837. The first-order valence-electron chi connectivity index (χ1n) is 5.17. The molecule has 1 saturated carbocycles. The molecule has 0 aromatic heterocycles. The second-order valence-corrected chi connectivity index (χ2v) is 4.39. The molecule has 0 aromatic carbocycles. The van der Waals surface area contributed by atoms with E-state index < -0.39 is 0 Å². The Balaban J connectivity index is 2.36. The maximum absolute atomic E-state index is 5.74. The highest BCUT2D eigenvalue weighted by Gasteiger charge is 2.20. The van der Waals surface area contributed by atoms with Crippen molar-refractivity contribution in [3.8, 4) is 0 Å². The molecule has 2 unspecified atom stereocenters. The Hall–Kier alpha value is -0.730. The molecule has 0 saturated heterocycles. The summed E-state index contributed by atoms with van der Waals surface area (Å²) in [6.07, 6.45) is 3.69. The molecule has 0 spiro atoms. The van der Waals surface area contributed by atoms with E-state index in [1.54, 1.807) is 0 Å². The van der Waals surface area contributed by atoms with E-state index in [-0.39, 0.29) is 0 Å². The Morgan fingerprint density at radius 2 is 2.15 bits per heavy atom. The lowest BCUT2D eigenvalue weighted by molar-refractivity contribution is 0.592. The van der Waals surface area contributed by atoms with Gasteiger partial charge in [-0.05, 0) is 39.0 Å². The van der Waals surface area contributed by atoms with Crippen LogP contribution in [0.1, 0.15) is 40.0 Å². The minimum atomic E-state index is 0.377. The first-order chi connectivity index (χ1) is 6.08. The molecule has 1 aliphatic carbocycles. The van der Waals surface area contributed by atoms with Gasteiger partial charge in [0.25, 0.3) is 0 Å². The SMILES string of the molecule is CC1CCC(N=C(N)NC(C)C)C1. The van der Waals surface area contributed by atoms with Crippen LogP contribution in [0.4, 0.5) is 0 Å². The molecule has 76 valence electrons. The van der Waals surface area contributed by atoms with Gasteiger partial charge in [-0.15, -0.1) is 0 Å². The summed E-state index contributed by atoms with van der Waals surface area (Å²) in [5.74, 6) is 1.43. The topological polar surface area (TPSA) is 50.4 Å². The third-order valence-corrected chi connectivity index (χ3v) is 2.43. The number of nitrogens with one attached hydrogen (secondary N) is 1. The van der Waals surface area contributed by atoms with E-state index >= 15 is 0 Å². The second-order valence-electron chi connectivity index (χ2n) is 4.39. The first kappa shape index (κ1) is 10.4. The van der Waals surface area contributed by atoms with Gasteiger partial charge in [-0.25, -0.2) is 0 Å². The van der Waals surface area contributed by atoms with Crippen LogP contribution in [0.2, 0.25) is 0 Å². The Labute approximate surface area is 80.8 Å². The maximum Gasteiger partial charge on any atom is 0.189 e. The molecule has 0 bridgehead atoms. The van der Waals surface area contributed by atoms with E-state index in [0.29, 0.717) is 18.0 Å². The van der Waals surface area contributed by atoms with E-state index in [1.807, 2.05) is 0 Å². The fourth-order valence-corrected chi connectivity index (χ4v) is 1.82. The fourth-order valence-electron chi connectivity index (χ4n) is 1.82. The van der Waals surface area contributed by atoms with Crippen molar-refractivity contribution in [1.82, 2.24) is 5.32 Å². The van der Waals surface area contributed by atoms with Crippen molar-refractivity contribution >= 4 is 5.96 Å². The predicted molar refractivity (Wildman–Crippen MR) is 56.7 cm³/mol. The average Bonchev–Trinajstić information content (AvgIpc) is 2.33. The number of nitrogens with two attached hydrogens (primary N) is 1. The van der Waals surface area contributed by atoms with Crippen LogP contribution in [0.15, 0.2) is 4.99 Å². The summed E-state index contributed by atoms with van der Waals surface area (Å²) in [5.41, 5.74) is 5.74. The Morgan fingerprint density at radius 1 is 1.46 bits per heavy atom. The molecule has 2 atom stereocenters. The lowest BCUT2D eigenvalue weighted by atomic mass is 10.1. The highest BCUT2D eigenvalue weighted by atomic mass is 15.1. The van der Waals surface area contributed by atoms with E-state index in [1.165, 1.54) is 19.3 Å². The van der Waals surface area contributed by atoms with Crippen LogP contribution in [0.3, 0.4) is 0 Å². The molecule has 0 amide bonds. The van der Waals surface area contributed by atoms with E-state index in [2.05, 4.69) is 31.1 Å². The van der Waals surface area contributed by atoms with E-state index in [0.717, 1.165) is 5.92 Å². The van der Waals surface area contributed by atoms with E-state index in [9.17, 15) is 0 Å². The highest BCUT2D eigenvalue weighted by Crippen LogP contribution is 2.26. The average molecular weight is 183 g/mol. The zero-order chi connectivity index (χ0) is 9.84. The number of guanidine groups is 1. The summed E-state index contributed by atoms with van der Waals surface area (Å²) in [4.78, 5) is 4.45. The van der Waals surface area contributed by atoms with Gasteiger partial charge in [0, 0.05) is 6.04 Å². The monoisotopic (exact) mass is 183 g/mol. The lowest BCUT2D eigenvalue weighted by Gasteiger charge is -2.11. The highest BCUT2D eigenvalue weighted by molar-refractivity contribution is 5.78. The van der Waals surface area contributed by atoms with Gasteiger partial charge < -0.3 is 11.1 Å². The van der Waals surface area contributed by atoms with Crippen LogP contribution in [-0.2, 0) is 0 Å². The summed E-state index contributed by atoms with van der Waals surface area (Å²) < 4.78 is 0. The largest absolute Gasteiger partial charge is 0.370 e. The molecule has 0 aromatic rings. The van der Waals surface area contributed by atoms with Crippen LogP contribution < -0.4 is 11.1 Å². The molecular formula is C10H21N3. The zero-order valence-electron chi connectivity index (χ0n) is 8.88.